The minimum atomic E-state index is -0.721. The number of benzene rings is 2. The Morgan fingerprint density at radius 1 is 1.15 bits per heavy atom. The first-order valence-electron chi connectivity index (χ1n) is 10.8. The van der Waals surface area contributed by atoms with Crippen molar-refractivity contribution in [3.05, 3.63) is 77.9 Å². The molecule has 1 heterocycles. The van der Waals surface area contributed by atoms with E-state index >= 15 is 0 Å². The first-order chi connectivity index (χ1) is 15.9. The minimum Gasteiger partial charge on any atom is -0.507 e. The van der Waals surface area contributed by atoms with Crippen molar-refractivity contribution in [1.82, 2.24) is 9.80 Å². The van der Waals surface area contributed by atoms with Gasteiger partial charge in [-0.15, -0.1) is 0 Å². The second kappa shape index (κ2) is 10.8. The topological polar surface area (TPSA) is 79.3 Å². The maximum Gasteiger partial charge on any atom is 0.295 e. The van der Waals surface area contributed by atoms with Crippen LogP contribution in [0.4, 0.5) is 0 Å². The van der Waals surface area contributed by atoms with Crippen LogP contribution in [0, 0.1) is 0 Å². The standard InChI is InChI=1S/C26H30N2O5/c1-5-16-33-21-9-6-8-19(17-21)23-22(24(29)18-10-12-20(32-4)13-11-18)25(30)26(31)28(23)15-7-14-27(2)3/h5-6,8-13,17,23,29H,1,7,14-16H2,2-4H3/b24-22+/t23-/m1/s1. The number of Topliss-reactive ketones (excluding diaryl/α,β-unsaturated/α-hetero) is 1. The molecule has 1 N–H and O–H groups in total. The fourth-order valence-electron chi connectivity index (χ4n) is 3.85. The number of methoxy groups -OCH3 is 1. The van der Waals surface area contributed by atoms with Crippen LogP contribution in [-0.4, -0.2) is 67.5 Å². The molecule has 1 aliphatic heterocycles. The average molecular weight is 451 g/mol. The van der Waals surface area contributed by atoms with Gasteiger partial charge in [0.15, 0.2) is 0 Å². The van der Waals surface area contributed by atoms with Crippen molar-refractivity contribution < 1.29 is 24.2 Å². The lowest BCUT2D eigenvalue weighted by Gasteiger charge is -2.26. The maximum absolute atomic E-state index is 13.1. The van der Waals surface area contributed by atoms with Gasteiger partial charge in [-0.25, -0.2) is 0 Å². The van der Waals surface area contributed by atoms with Gasteiger partial charge in [-0.1, -0.05) is 24.8 Å². The van der Waals surface area contributed by atoms with Crippen LogP contribution < -0.4 is 9.47 Å². The molecule has 7 heteroatoms. The lowest BCUT2D eigenvalue weighted by Crippen LogP contribution is -2.32. The van der Waals surface area contributed by atoms with Gasteiger partial charge in [-0.05, 0) is 69.0 Å². The number of nitrogens with zero attached hydrogens (tertiary/aromatic N) is 2. The molecule has 0 unspecified atom stereocenters. The number of carbonyl (C=O) groups excluding carboxylic acids is 2. The fraction of sp³-hybridized carbons (Fsp3) is 0.308. The number of ketones is 1. The first-order valence-corrected chi connectivity index (χ1v) is 10.8. The van der Waals surface area contributed by atoms with E-state index in [9.17, 15) is 14.7 Å². The second-order valence-corrected chi connectivity index (χ2v) is 8.05. The number of aliphatic hydroxyl groups excluding tert-OH is 1. The molecule has 1 aliphatic rings. The third-order valence-electron chi connectivity index (χ3n) is 5.45. The van der Waals surface area contributed by atoms with E-state index in [2.05, 4.69) is 6.58 Å². The summed E-state index contributed by atoms with van der Waals surface area (Å²) in [5.41, 5.74) is 1.19. The lowest BCUT2D eigenvalue weighted by molar-refractivity contribution is -0.139. The molecule has 0 aromatic heterocycles. The molecule has 2 aromatic rings. The van der Waals surface area contributed by atoms with Gasteiger partial charge in [0.2, 0.25) is 0 Å². The molecule has 0 aliphatic carbocycles. The highest BCUT2D eigenvalue weighted by atomic mass is 16.5. The molecule has 33 heavy (non-hydrogen) atoms. The van der Waals surface area contributed by atoms with Gasteiger partial charge in [0.25, 0.3) is 11.7 Å². The highest BCUT2D eigenvalue weighted by Gasteiger charge is 2.45. The Hall–Kier alpha value is -3.58. The van der Waals surface area contributed by atoms with Crippen LogP contribution in [0.3, 0.4) is 0 Å². The Labute approximate surface area is 194 Å². The van der Waals surface area contributed by atoms with Crippen LogP contribution in [0.15, 0.2) is 66.8 Å². The number of likely N-dealkylation sites (tertiary alicyclic amines) is 1. The van der Waals surface area contributed by atoms with Crippen molar-refractivity contribution in [2.24, 2.45) is 0 Å². The molecular weight excluding hydrogens is 420 g/mol. The van der Waals surface area contributed by atoms with Gasteiger partial charge in [0.1, 0.15) is 23.9 Å². The number of amides is 1. The van der Waals surface area contributed by atoms with E-state index in [-0.39, 0.29) is 11.3 Å². The maximum atomic E-state index is 13.1. The van der Waals surface area contributed by atoms with E-state index in [1.807, 2.05) is 25.1 Å². The molecule has 0 bridgehead atoms. The number of rotatable bonds is 10. The van der Waals surface area contributed by atoms with E-state index < -0.39 is 17.7 Å². The summed E-state index contributed by atoms with van der Waals surface area (Å²) in [4.78, 5) is 29.7. The summed E-state index contributed by atoms with van der Waals surface area (Å²) in [7, 11) is 5.46. The van der Waals surface area contributed by atoms with Gasteiger partial charge in [-0.2, -0.15) is 0 Å². The normalized spacial score (nSPS) is 17.5. The minimum absolute atomic E-state index is 0.0656. The van der Waals surface area contributed by atoms with Gasteiger partial charge in [-0.3, -0.25) is 9.59 Å². The Morgan fingerprint density at radius 2 is 1.88 bits per heavy atom. The molecule has 1 saturated heterocycles. The largest absolute Gasteiger partial charge is 0.507 e. The number of hydrogen-bond acceptors (Lipinski definition) is 6. The number of carbonyl (C=O) groups is 2. The van der Waals surface area contributed by atoms with Crippen molar-refractivity contribution in [2.45, 2.75) is 12.5 Å². The molecule has 174 valence electrons. The summed E-state index contributed by atoms with van der Waals surface area (Å²) >= 11 is 0. The van der Waals surface area contributed by atoms with Crippen molar-refractivity contribution in [3.63, 3.8) is 0 Å². The molecule has 2 aromatic carbocycles. The molecule has 7 nitrogen and oxygen atoms in total. The van der Waals surface area contributed by atoms with Crippen molar-refractivity contribution >= 4 is 17.4 Å². The van der Waals surface area contributed by atoms with Crippen LogP contribution >= 0.6 is 0 Å². The Balaban J connectivity index is 2.08. The summed E-state index contributed by atoms with van der Waals surface area (Å²) < 4.78 is 10.8. The van der Waals surface area contributed by atoms with E-state index in [4.69, 9.17) is 9.47 Å². The zero-order valence-corrected chi connectivity index (χ0v) is 19.3. The predicted octanol–water partition coefficient (Wildman–Crippen LogP) is 3.63. The van der Waals surface area contributed by atoms with Gasteiger partial charge < -0.3 is 24.4 Å². The van der Waals surface area contributed by atoms with Gasteiger partial charge in [0, 0.05) is 12.1 Å². The lowest BCUT2D eigenvalue weighted by atomic mass is 9.95. The molecule has 1 atom stereocenters. The Bertz CT molecular complexity index is 1040. The quantitative estimate of drug-likeness (QED) is 0.258. The number of aliphatic hydroxyl groups is 1. The van der Waals surface area contributed by atoms with Crippen LogP contribution in [-0.2, 0) is 9.59 Å². The molecule has 1 amide bonds. The molecule has 1 fully saturated rings. The monoisotopic (exact) mass is 450 g/mol. The van der Waals surface area contributed by atoms with Gasteiger partial charge in [0.05, 0.1) is 18.7 Å². The third-order valence-corrected chi connectivity index (χ3v) is 5.45. The zero-order chi connectivity index (χ0) is 24.0. The number of hydrogen-bond donors (Lipinski definition) is 1. The van der Waals surface area contributed by atoms with Crippen LogP contribution in [0.5, 0.6) is 11.5 Å². The fourth-order valence-corrected chi connectivity index (χ4v) is 3.85. The van der Waals surface area contributed by atoms with Crippen LogP contribution in [0.2, 0.25) is 0 Å². The van der Waals surface area contributed by atoms with Crippen molar-refractivity contribution in [1.29, 1.82) is 0 Å². The average Bonchev–Trinajstić information content (AvgIpc) is 3.07. The van der Waals surface area contributed by atoms with Crippen molar-refractivity contribution in [3.8, 4) is 11.5 Å². The van der Waals surface area contributed by atoms with E-state index in [1.165, 1.54) is 4.90 Å². The van der Waals surface area contributed by atoms with Crippen molar-refractivity contribution in [2.75, 3.05) is 40.9 Å². The molecule has 3 rings (SSSR count). The summed E-state index contributed by atoms with van der Waals surface area (Å²) in [6.07, 6.45) is 2.33. The van der Waals surface area contributed by atoms with E-state index in [1.54, 1.807) is 55.7 Å². The highest BCUT2D eigenvalue weighted by molar-refractivity contribution is 6.46. The number of ether oxygens (including phenoxy) is 2. The predicted molar refractivity (Wildman–Crippen MR) is 127 cm³/mol. The SMILES string of the molecule is C=CCOc1cccc([C@@H]2/C(=C(\O)c3ccc(OC)cc3)C(=O)C(=O)N2CCCN(C)C)c1. The first kappa shape index (κ1) is 24.1. The zero-order valence-electron chi connectivity index (χ0n) is 19.3. The summed E-state index contributed by atoms with van der Waals surface area (Å²) in [6, 6.07) is 13.2. The Kier molecular flexibility index (Phi) is 7.90. The molecular formula is C26H30N2O5. The summed E-state index contributed by atoms with van der Waals surface area (Å²) in [5.74, 6) is -0.314. The summed E-state index contributed by atoms with van der Waals surface area (Å²) in [5, 5.41) is 11.1. The second-order valence-electron chi connectivity index (χ2n) is 8.05. The van der Waals surface area contributed by atoms with Crippen LogP contribution in [0.1, 0.15) is 23.6 Å². The highest BCUT2D eigenvalue weighted by Crippen LogP contribution is 2.40. The summed E-state index contributed by atoms with van der Waals surface area (Å²) in [6.45, 7) is 5.13. The van der Waals surface area contributed by atoms with Crippen LogP contribution in [0.25, 0.3) is 5.76 Å². The van der Waals surface area contributed by atoms with E-state index in [0.717, 1.165) is 6.54 Å². The third kappa shape index (κ3) is 5.43. The molecule has 0 spiro atoms. The van der Waals surface area contributed by atoms with E-state index in [0.29, 0.717) is 42.2 Å². The Morgan fingerprint density at radius 3 is 2.52 bits per heavy atom. The molecule has 0 saturated carbocycles. The molecule has 0 radical (unpaired) electrons. The van der Waals surface area contributed by atoms with Gasteiger partial charge >= 0.3 is 0 Å². The smallest absolute Gasteiger partial charge is 0.295 e.